The highest BCUT2D eigenvalue weighted by Crippen LogP contribution is 2.23. The molecule has 0 bridgehead atoms. The van der Waals surface area contributed by atoms with E-state index in [9.17, 15) is 9.59 Å². The van der Waals surface area contributed by atoms with Gasteiger partial charge in [-0.05, 0) is 24.1 Å². The van der Waals surface area contributed by atoms with Crippen LogP contribution in [0.4, 0.5) is 0 Å². The quantitative estimate of drug-likeness (QED) is 0.575. The first-order valence-electron chi connectivity index (χ1n) is 5.40. The summed E-state index contributed by atoms with van der Waals surface area (Å²) in [5.41, 5.74) is 0.560. The Kier molecular flexibility index (Phi) is 5.53. The zero-order valence-corrected chi connectivity index (χ0v) is 13.0. The Morgan fingerprint density at radius 3 is 2.41 bits per heavy atom. The van der Waals surface area contributed by atoms with Crippen LogP contribution in [0.2, 0.25) is 0 Å². The predicted octanol–water partition coefficient (Wildman–Crippen LogP) is 4.40. The van der Waals surface area contributed by atoms with E-state index in [1.807, 2.05) is 13.8 Å². The molecule has 1 aromatic rings. The first kappa shape index (κ1) is 14.6. The van der Waals surface area contributed by atoms with Gasteiger partial charge in [-0.2, -0.15) is 0 Å². The van der Waals surface area contributed by atoms with Gasteiger partial charge >= 0.3 is 0 Å². The van der Waals surface area contributed by atoms with Gasteiger partial charge in [-0.1, -0.05) is 45.7 Å². The lowest BCUT2D eigenvalue weighted by molar-refractivity contribution is -0.118. The van der Waals surface area contributed by atoms with Gasteiger partial charge in [0.2, 0.25) is 0 Å². The average molecular weight is 362 g/mol. The van der Waals surface area contributed by atoms with E-state index in [2.05, 4.69) is 31.9 Å². The predicted molar refractivity (Wildman–Crippen MR) is 75.3 cm³/mol. The fraction of sp³-hybridized carbons (Fsp3) is 0.385. The van der Waals surface area contributed by atoms with E-state index < -0.39 is 0 Å². The molecule has 0 fully saturated rings. The zero-order valence-electron chi connectivity index (χ0n) is 9.80. The average Bonchev–Trinajstić information content (AvgIpc) is 2.15. The van der Waals surface area contributed by atoms with E-state index >= 15 is 0 Å². The third-order valence-corrected chi connectivity index (χ3v) is 3.37. The number of halogens is 2. The molecule has 1 rings (SSSR count). The molecule has 0 N–H and O–H groups in total. The number of rotatable bonds is 5. The van der Waals surface area contributed by atoms with Crippen LogP contribution in [0.1, 0.15) is 37.0 Å². The SMILES string of the molecule is CC(C)CC(=O)CC(=O)c1ccc(Br)cc1Br. The van der Waals surface area contributed by atoms with E-state index in [1.165, 1.54) is 0 Å². The Bertz CT molecular complexity index is 439. The van der Waals surface area contributed by atoms with Gasteiger partial charge in [0, 0.05) is 20.9 Å². The van der Waals surface area contributed by atoms with Crippen LogP contribution in [0.3, 0.4) is 0 Å². The van der Waals surface area contributed by atoms with Gasteiger partial charge in [0.1, 0.15) is 5.78 Å². The minimum absolute atomic E-state index is 0.000168. The van der Waals surface area contributed by atoms with Gasteiger partial charge < -0.3 is 0 Å². The Morgan fingerprint density at radius 2 is 1.88 bits per heavy atom. The molecule has 1 aromatic carbocycles. The van der Waals surface area contributed by atoms with Crippen molar-refractivity contribution in [1.82, 2.24) is 0 Å². The summed E-state index contributed by atoms with van der Waals surface area (Å²) in [5, 5.41) is 0. The van der Waals surface area contributed by atoms with Crippen LogP contribution >= 0.6 is 31.9 Å². The maximum Gasteiger partial charge on any atom is 0.171 e. The number of benzene rings is 1. The summed E-state index contributed by atoms with van der Waals surface area (Å²) in [7, 11) is 0. The first-order chi connectivity index (χ1) is 7.90. The second-order valence-corrected chi connectivity index (χ2v) is 6.13. The fourth-order valence-corrected chi connectivity index (χ4v) is 2.79. The smallest absolute Gasteiger partial charge is 0.171 e. The summed E-state index contributed by atoms with van der Waals surface area (Å²) in [6.07, 6.45) is 0.443. The third kappa shape index (κ3) is 4.72. The second kappa shape index (κ2) is 6.45. The van der Waals surface area contributed by atoms with Crippen LogP contribution in [0.15, 0.2) is 27.1 Å². The van der Waals surface area contributed by atoms with Crippen molar-refractivity contribution in [2.45, 2.75) is 26.7 Å². The second-order valence-electron chi connectivity index (χ2n) is 4.36. The van der Waals surface area contributed by atoms with Crippen LogP contribution < -0.4 is 0 Å². The molecule has 0 amide bonds. The Morgan fingerprint density at radius 1 is 1.24 bits per heavy atom. The van der Waals surface area contributed by atoms with Crippen molar-refractivity contribution in [3.05, 3.63) is 32.7 Å². The molecule has 0 atom stereocenters. The number of carbonyl (C=O) groups excluding carboxylic acids is 2. The topological polar surface area (TPSA) is 34.1 Å². The Balaban J connectivity index is 2.73. The summed E-state index contributed by atoms with van der Waals surface area (Å²) in [5.74, 6) is 0.165. The molecule has 0 aromatic heterocycles. The summed E-state index contributed by atoms with van der Waals surface area (Å²) in [4.78, 5) is 23.5. The van der Waals surface area contributed by atoms with Gasteiger partial charge in [0.15, 0.2) is 5.78 Å². The molecular weight excluding hydrogens is 348 g/mol. The van der Waals surface area contributed by atoms with E-state index in [0.29, 0.717) is 22.4 Å². The van der Waals surface area contributed by atoms with Crippen LogP contribution in [0, 0.1) is 5.92 Å². The van der Waals surface area contributed by atoms with E-state index in [1.54, 1.807) is 18.2 Å². The molecule has 92 valence electrons. The lowest BCUT2D eigenvalue weighted by Crippen LogP contribution is -2.10. The zero-order chi connectivity index (χ0) is 13.0. The van der Waals surface area contributed by atoms with Gasteiger partial charge in [-0.25, -0.2) is 0 Å². The molecular formula is C13H14Br2O2. The molecule has 0 radical (unpaired) electrons. The molecule has 17 heavy (non-hydrogen) atoms. The number of hydrogen-bond donors (Lipinski definition) is 0. The normalized spacial score (nSPS) is 10.6. The summed E-state index contributed by atoms with van der Waals surface area (Å²) >= 11 is 6.65. The van der Waals surface area contributed by atoms with Gasteiger partial charge in [-0.15, -0.1) is 0 Å². The van der Waals surface area contributed by atoms with Crippen molar-refractivity contribution in [1.29, 1.82) is 0 Å². The highest BCUT2D eigenvalue weighted by atomic mass is 79.9. The summed E-state index contributed by atoms with van der Waals surface area (Å²) < 4.78 is 1.61. The van der Waals surface area contributed by atoms with Gasteiger partial charge in [-0.3, -0.25) is 9.59 Å². The Labute approximate surface area is 118 Å². The van der Waals surface area contributed by atoms with E-state index in [0.717, 1.165) is 4.47 Å². The van der Waals surface area contributed by atoms with Crippen molar-refractivity contribution in [3.8, 4) is 0 Å². The molecule has 0 unspecified atom stereocenters. The van der Waals surface area contributed by atoms with E-state index in [4.69, 9.17) is 0 Å². The number of carbonyl (C=O) groups is 2. The summed E-state index contributed by atoms with van der Waals surface area (Å²) in [6, 6.07) is 5.32. The van der Waals surface area contributed by atoms with Crippen LogP contribution in [0.25, 0.3) is 0 Å². The summed E-state index contributed by atoms with van der Waals surface area (Å²) in [6.45, 7) is 3.94. The molecule has 0 aliphatic carbocycles. The first-order valence-corrected chi connectivity index (χ1v) is 6.98. The molecule has 4 heteroatoms. The van der Waals surface area contributed by atoms with Crippen LogP contribution in [0.5, 0.6) is 0 Å². The van der Waals surface area contributed by atoms with Gasteiger partial charge in [0.05, 0.1) is 6.42 Å². The lowest BCUT2D eigenvalue weighted by Gasteiger charge is -2.05. The molecule has 0 aliphatic heterocycles. The standard InChI is InChI=1S/C13H14Br2O2/c1-8(2)5-10(16)7-13(17)11-4-3-9(14)6-12(11)15/h3-4,6,8H,5,7H2,1-2H3. The highest BCUT2D eigenvalue weighted by molar-refractivity contribution is 9.11. The number of hydrogen-bond acceptors (Lipinski definition) is 2. The van der Waals surface area contributed by atoms with E-state index in [-0.39, 0.29) is 18.0 Å². The van der Waals surface area contributed by atoms with Crippen molar-refractivity contribution >= 4 is 43.4 Å². The maximum absolute atomic E-state index is 11.9. The molecule has 0 spiro atoms. The molecule has 0 saturated carbocycles. The van der Waals surface area contributed by atoms with Crippen molar-refractivity contribution in [2.75, 3.05) is 0 Å². The third-order valence-electron chi connectivity index (χ3n) is 2.23. The fourth-order valence-electron chi connectivity index (χ4n) is 1.52. The molecule has 0 saturated heterocycles. The molecule has 2 nitrogen and oxygen atoms in total. The van der Waals surface area contributed by atoms with Crippen molar-refractivity contribution in [3.63, 3.8) is 0 Å². The monoisotopic (exact) mass is 360 g/mol. The van der Waals surface area contributed by atoms with Crippen LogP contribution in [-0.2, 0) is 4.79 Å². The van der Waals surface area contributed by atoms with Gasteiger partial charge in [0.25, 0.3) is 0 Å². The van der Waals surface area contributed by atoms with Crippen molar-refractivity contribution < 1.29 is 9.59 Å². The molecule has 0 heterocycles. The minimum Gasteiger partial charge on any atom is -0.299 e. The number of ketones is 2. The largest absolute Gasteiger partial charge is 0.299 e. The molecule has 0 aliphatic rings. The van der Waals surface area contributed by atoms with Crippen molar-refractivity contribution in [2.24, 2.45) is 5.92 Å². The Hall–Kier alpha value is -0.480. The van der Waals surface area contributed by atoms with Crippen LogP contribution in [-0.4, -0.2) is 11.6 Å². The number of Topliss-reactive ketones (excluding diaryl/α,β-unsaturated/α-hetero) is 2. The lowest BCUT2D eigenvalue weighted by atomic mass is 10.0. The maximum atomic E-state index is 11.9. The highest BCUT2D eigenvalue weighted by Gasteiger charge is 2.15. The minimum atomic E-state index is -0.130.